The molecule has 0 saturated carbocycles. The third-order valence-corrected chi connectivity index (χ3v) is 8.07. The minimum absolute atomic E-state index is 0.130. The maximum atomic E-state index is 16.1. The summed E-state index contributed by atoms with van der Waals surface area (Å²) in [6.07, 6.45) is 5.35. The van der Waals surface area contributed by atoms with E-state index in [9.17, 15) is 17.2 Å². The molecule has 0 bridgehead atoms. The van der Waals surface area contributed by atoms with Crippen LogP contribution in [0, 0.1) is 17.5 Å². The number of benzene rings is 2. The number of sulfonamides is 1. The Labute approximate surface area is 223 Å². The van der Waals surface area contributed by atoms with Crippen LogP contribution in [0.4, 0.5) is 13.2 Å². The van der Waals surface area contributed by atoms with Gasteiger partial charge in [-0.2, -0.15) is 9.82 Å². The normalized spacial score (nSPS) is 15.4. The van der Waals surface area contributed by atoms with E-state index in [0.717, 1.165) is 37.6 Å². The number of hydrogen-bond acceptors (Lipinski definition) is 6. The molecule has 3 heterocycles. The molecule has 5 rings (SSSR count). The summed E-state index contributed by atoms with van der Waals surface area (Å²) < 4.78 is 79.1. The van der Waals surface area contributed by atoms with Gasteiger partial charge in [0.1, 0.15) is 34.3 Å². The van der Waals surface area contributed by atoms with Crippen molar-refractivity contribution in [3.63, 3.8) is 0 Å². The van der Waals surface area contributed by atoms with Gasteiger partial charge in [0.25, 0.3) is 0 Å². The van der Waals surface area contributed by atoms with Crippen molar-refractivity contribution in [3.05, 3.63) is 90.1 Å². The van der Waals surface area contributed by atoms with Crippen molar-refractivity contribution < 1.29 is 26.3 Å². The van der Waals surface area contributed by atoms with Crippen molar-refractivity contribution in [1.82, 2.24) is 24.8 Å². The van der Waals surface area contributed by atoms with Gasteiger partial charge in [0.2, 0.25) is 10.0 Å². The predicted molar refractivity (Wildman–Crippen MR) is 138 cm³/mol. The number of halogens is 3. The second-order valence-electron chi connectivity index (χ2n) is 9.11. The molecule has 1 atom stereocenters. The summed E-state index contributed by atoms with van der Waals surface area (Å²) in [6.45, 7) is 1.69. The lowest BCUT2D eigenvalue weighted by atomic mass is 10.00. The van der Waals surface area contributed by atoms with E-state index in [-0.39, 0.29) is 17.2 Å². The van der Waals surface area contributed by atoms with Crippen LogP contribution >= 0.6 is 0 Å². The lowest BCUT2D eigenvalue weighted by Gasteiger charge is -2.22. The number of aromatic nitrogens is 3. The molecule has 8 nitrogen and oxygen atoms in total. The Balaban J connectivity index is 1.56. The first-order valence-corrected chi connectivity index (χ1v) is 13.8. The molecule has 0 radical (unpaired) electrons. The minimum atomic E-state index is -4.62. The zero-order valence-electron chi connectivity index (χ0n) is 20.9. The quantitative estimate of drug-likeness (QED) is 0.308. The van der Waals surface area contributed by atoms with Gasteiger partial charge in [-0.05, 0) is 67.9 Å². The van der Waals surface area contributed by atoms with E-state index in [1.165, 1.54) is 13.2 Å². The summed E-state index contributed by atoms with van der Waals surface area (Å²) >= 11 is 0. The molecule has 2 N–H and O–H groups in total. The smallest absolute Gasteiger partial charge is 0.246 e. The van der Waals surface area contributed by atoms with E-state index in [2.05, 4.69) is 15.0 Å². The van der Waals surface area contributed by atoms with Crippen LogP contribution in [0.1, 0.15) is 30.7 Å². The molecule has 1 saturated heterocycles. The van der Waals surface area contributed by atoms with Crippen molar-refractivity contribution in [1.29, 1.82) is 0 Å². The number of nitrogens with zero attached hydrogens (tertiary/aromatic N) is 3. The molecule has 4 aromatic rings. The molecule has 1 unspecified atom stereocenters. The Morgan fingerprint density at radius 1 is 1.05 bits per heavy atom. The number of piperidine rings is 1. The van der Waals surface area contributed by atoms with Crippen LogP contribution in [-0.2, 0) is 14.8 Å². The molecule has 2 aromatic heterocycles. The van der Waals surface area contributed by atoms with Crippen LogP contribution in [0.25, 0.3) is 22.4 Å². The van der Waals surface area contributed by atoms with Crippen LogP contribution in [0.3, 0.4) is 0 Å². The number of nitrogens with one attached hydrogen (secondary N) is 2. The summed E-state index contributed by atoms with van der Waals surface area (Å²) in [5.74, 6) is -2.86. The van der Waals surface area contributed by atoms with Gasteiger partial charge in [0.05, 0.1) is 6.04 Å². The maximum absolute atomic E-state index is 16.1. The zero-order valence-corrected chi connectivity index (χ0v) is 21.8. The van der Waals surface area contributed by atoms with Crippen molar-refractivity contribution >= 4 is 10.0 Å². The van der Waals surface area contributed by atoms with E-state index in [0.29, 0.717) is 23.4 Å². The van der Waals surface area contributed by atoms with Crippen molar-refractivity contribution in [2.45, 2.75) is 30.0 Å². The van der Waals surface area contributed by atoms with E-state index < -0.39 is 38.6 Å². The Morgan fingerprint density at radius 3 is 2.51 bits per heavy atom. The third kappa shape index (κ3) is 5.59. The monoisotopic (exact) mass is 557 g/mol. The second kappa shape index (κ2) is 11.3. The standard InChI is InChI=1S/C27H26F3N5O3S/c1-38-27(34-39(36,37)24-15-18(28)5-6-23(24)29)21-4-2-3-20(25(21)30)26-22(17-7-11-31-12-8-17)16-35(33-26)19-9-13-32-14-10-19/h2-8,11-12,15-16,19,27,32,34H,9-10,13-14H2,1H3. The Hall–Kier alpha value is -3.58. The fourth-order valence-electron chi connectivity index (χ4n) is 4.65. The molecule has 39 heavy (non-hydrogen) atoms. The highest BCUT2D eigenvalue weighted by Crippen LogP contribution is 2.36. The first-order valence-electron chi connectivity index (χ1n) is 12.3. The molecule has 2 aromatic carbocycles. The van der Waals surface area contributed by atoms with Gasteiger partial charge in [-0.15, -0.1) is 0 Å². The molecule has 0 aliphatic carbocycles. The maximum Gasteiger partial charge on any atom is 0.246 e. The number of methoxy groups -OCH3 is 1. The van der Waals surface area contributed by atoms with E-state index >= 15 is 4.39 Å². The highest BCUT2D eigenvalue weighted by molar-refractivity contribution is 7.89. The topological polar surface area (TPSA) is 98.1 Å². The number of pyridine rings is 1. The molecular formula is C27H26F3N5O3S. The predicted octanol–water partition coefficient (Wildman–Crippen LogP) is 4.58. The fourth-order valence-corrected chi connectivity index (χ4v) is 5.88. The first kappa shape index (κ1) is 27.0. The molecule has 1 fully saturated rings. The molecule has 1 aliphatic rings. The largest absolute Gasteiger partial charge is 0.361 e. The van der Waals surface area contributed by atoms with Gasteiger partial charge >= 0.3 is 0 Å². The summed E-state index contributed by atoms with van der Waals surface area (Å²) in [7, 11) is -3.44. The van der Waals surface area contributed by atoms with Gasteiger partial charge in [-0.1, -0.05) is 12.1 Å². The summed E-state index contributed by atoms with van der Waals surface area (Å²) in [5, 5.41) is 8.09. The van der Waals surface area contributed by atoms with Gasteiger partial charge in [0.15, 0.2) is 0 Å². The summed E-state index contributed by atoms with van der Waals surface area (Å²) in [6, 6.07) is 10.2. The van der Waals surface area contributed by atoms with Crippen molar-refractivity contribution in [2.75, 3.05) is 20.2 Å². The molecule has 0 spiro atoms. The van der Waals surface area contributed by atoms with Gasteiger partial charge in [-0.25, -0.2) is 21.6 Å². The number of hydrogen-bond donors (Lipinski definition) is 2. The highest BCUT2D eigenvalue weighted by Gasteiger charge is 2.29. The van der Waals surface area contributed by atoms with E-state index in [1.54, 1.807) is 36.7 Å². The minimum Gasteiger partial charge on any atom is -0.361 e. The summed E-state index contributed by atoms with van der Waals surface area (Å²) in [4.78, 5) is 3.15. The van der Waals surface area contributed by atoms with E-state index in [1.807, 2.05) is 10.9 Å². The molecule has 0 amide bonds. The van der Waals surface area contributed by atoms with E-state index in [4.69, 9.17) is 9.84 Å². The highest BCUT2D eigenvalue weighted by atomic mass is 32.2. The first-order chi connectivity index (χ1) is 18.8. The van der Waals surface area contributed by atoms with Crippen LogP contribution < -0.4 is 10.0 Å². The van der Waals surface area contributed by atoms with Gasteiger partial charge in [-0.3, -0.25) is 9.67 Å². The molecule has 204 valence electrons. The van der Waals surface area contributed by atoms with Crippen molar-refractivity contribution in [2.24, 2.45) is 0 Å². The third-order valence-electron chi connectivity index (χ3n) is 6.65. The van der Waals surface area contributed by atoms with Crippen LogP contribution in [0.5, 0.6) is 0 Å². The average Bonchev–Trinajstić information content (AvgIpc) is 3.39. The Bertz CT molecular complexity index is 1580. The number of rotatable bonds is 8. The van der Waals surface area contributed by atoms with Crippen LogP contribution in [-0.4, -0.2) is 43.4 Å². The fraction of sp³-hybridized carbons (Fsp3) is 0.259. The average molecular weight is 558 g/mol. The molecule has 1 aliphatic heterocycles. The van der Waals surface area contributed by atoms with Gasteiger partial charge < -0.3 is 10.1 Å². The SMILES string of the molecule is COC(NS(=O)(=O)c1cc(F)ccc1F)c1cccc(-c2nn(C3CCNCC3)cc2-c2ccncc2)c1F. The lowest BCUT2D eigenvalue weighted by Crippen LogP contribution is -2.31. The Kier molecular flexibility index (Phi) is 7.80. The summed E-state index contributed by atoms with van der Waals surface area (Å²) in [5.41, 5.74) is 1.82. The van der Waals surface area contributed by atoms with Crippen LogP contribution in [0.2, 0.25) is 0 Å². The van der Waals surface area contributed by atoms with Gasteiger partial charge in [0, 0.05) is 42.4 Å². The molecular weight excluding hydrogens is 531 g/mol. The zero-order chi connectivity index (χ0) is 27.6. The lowest BCUT2D eigenvalue weighted by molar-refractivity contribution is 0.0910. The number of ether oxygens (including phenoxy) is 1. The second-order valence-corrected chi connectivity index (χ2v) is 10.8. The van der Waals surface area contributed by atoms with Crippen molar-refractivity contribution in [3.8, 4) is 22.4 Å². The van der Waals surface area contributed by atoms with Crippen LogP contribution in [0.15, 0.2) is 72.0 Å². The Morgan fingerprint density at radius 2 is 1.79 bits per heavy atom. The molecule has 12 heteroatoms.